The van der Waals surface area contributed by atoms with E-state index in [9.17, 15) is 13.6 Å². The molecular formula is C12H15F2NO2S. The highest BCUT2D eigenvalue weighted by molar-refractivity contribution is 7.98. The van der Waals surface area contributed by atoms with Crippen molar-refractivity contribution in [3.8, 4) is 0 Å². The zero-order valence-corrected chi connectivity index (χ0v) is 10.8. The van der Waals surface area contributed by atoms with Gasteiger partial charge in [0.15, 0.2) is 0 Å². The van der Waals surface area contributed by atoms with E-state index in [4.69, 9.17) is 5.11 Å². The van der Waals surface area contributed by atoms with Gasteiger partial charge in [-0.1, -0.05) is 0 Å². The van der Waals surface area contributed by atoms with Crippen LogP contribution in [-0.4, -0.2) is 29.6 Å². The molecule has 1 aromatic rings. The van der Waals surface area contributed by atoms with Crippen LogP contribution in [-0.2, 0) is 0 Å². The Morgan fingerprint density at radius 1 is 1.33 bits per heavy atom. The topological polar surface area (TPSA) is 49.3 Å². The van der Waals surface area contributed by atoms with E-state index in [1.54, 1.807) is 11.8 Å². The van der Waals surface area contributed by atoms with Crippen LogP contribution in [0, 0.1) is 11.6 Å². The fourth-order valence-electron chi connectivity index (χ4n) is 1.44. The first-order valence-electron chi connectivity index (χ1n) is 5.51. The molecule has 0 atom stereocenters. The molecule has 1 rings (SSSR count). The van der Waals surface area contributed by atoms with Crippen LogP contribution in [0.2, 0.25) is 0 Å². The second-order valence-corrected chi connectivity index (χ2v) is 4.73. The van der Waals surface area contributed by atoms with Crippen molar-refractivity contribution in [2.75, 3.05) is 23.9 Å². The molecular weight excluding hydrogens is 260 g/mol. The largest absolute Gasteiger partial charge is 0.478 e. The maximum Gasteiger partial charge on any atom is 0.338 e. The van der Waals surface area contributed by atoms with E-state index in [1.165, 1.54) is 0 Å². The predicted octanol–water partition coefficient (Wildman–Crippen LogP) is 3.22. The maximum absolute atomic E-state index is 13.4. The van der Waals surface area contributed by atoms with Gasteiger partial charge in [-0.15, -0.1) is 0 Å². The van der Waals surface area contributed by atoms with Crippen LogP contribution in [0.5, 0.6) is 0 Å². The van der Waals surface area contributed by atoms with Gasteiger partial charge in [-0.3, -0.25) is 0 Å². The molecule has 0 saturated carbocycles. The fourth-order valence-corrected chi connectivity index (χ4v) is 1.94. The number of unbranched alkanes of at least 4 members (excludes halogenated alkanes) is 1. The van der Waals surface area contributed by atoms with E-state index in [0.29, 0.717) is 12.6 Å². The monoisotopic (exact) mass is 275 g/mol. The third-order valence-corrected chi connectivity index (χ3v) is 3.07. The number of benzene rings is 1. The molecule has 100 valence electrons. The van der Waals surface area contributed by atoms with Crippen LogP contribution in [0.15, 0.2) is 12.1 Å². The minimum absolute atomic E-state index is 0.0259. The molecule has 0 aliphatic heterocycles. The third-order valence-electron chi connectivity index (χ3n) is 2.38. The maximum atomic E-state index is 13.4. The number of thioether (sulfide) groups is 1. The Morgan fingerprint density at radius 2 is 2.06 bits per heavy atom. The molecule has 6 heteroatoms. The number of carbonyl (C=O) groups is 1. The van der Waals surface area contributed by atoms with Crippen molar-refractivity contribution >= 4 is 23.4 Å². The highest BCUT2D eigenvalue weighted by Gasteiger charge is 2.14. The van der Waals surface area contributed by atoms with E-state index >= 15 is 0 Å². The molecule has 0 fully saturated rings. The van der Waals surface area contributed by atoms with Gasteiger partial charge in [0.1, 0.15) is 11.6 Å². The standard InChI is InChI=1S/C12H15F2NO2S/c1-18-5-3-2-4-15-11-6-8(12(16)17)9(13)7-10(11)14/h6-7,15H,2-5H2,1H3,(H,16,17). The Kier molecular flexibility index (Phi) is 5.91. The smallest absolute Gasteiger partial charge is 0.338 e. The Bertz CT molecular complexity index is 427. The minimum atomic E-state index is -1.40. The van der Waals surface area contributed by atoms with E-state index in [-0.39, 0.29) is 5.69 Å². The van der Waals surface area contributed by atoms with E-state index < -0.39 is 23.2 Å². The lowest BCUT2D eigenvalue weighted by molar-refractivity contribution is 0.0692. The minimum Gasteiger partial charge on any atom is -0.478 e. The van der Waals surface area contributed by atoms with Crippen LogP contribution in [0.25, 0.3) is 0 Å². The molecule has 2 N–H and O–H groups in total. The van der Waals surface area contributed by atoms with Crippen LogP contribution >= 0.6 is 11.8 Å². The molecule has 0 heterocycles. The summed E-state index contributed by atoms with van der Waals surface area (Å²) in [6.45, 7) is 0.530. The van der Waals surface area contributed by atoms with Crippen molar-refractivity contribution in [3.05, 3.63) is 29.3 Å². The number of carboxylic acids is 1. The number of anilines is 1. The second kappa shape index (κ2) is 7.20. The Balaban J connectivity index is 2.65. The lowest BCUT2D eigenvalue weighted by Crippen LogP contribution is -2.08. The quantitative estimate of drug-likeness (QED) is 0.750. The van der Waals surface area contributed by atoms with Gasteiger partial charge >= 0.3 is 5.97 Å². The molecule has 0 spiro atoms. The van der Waals surface area contributed by atoms with Gasteiger partial charge in [0.2, 0.25) is 0 Å². The zero-order valence-electron chi connectivity index (χ0n) is 10.0. The Morgan fingerprint density at radius 3 is 2.67 bits per heavy atom. The van der Waals surface area contributed by atoms with E-state index in [2.05, 4.69) is 5.32 Å². The molecule has 0 aliphatic rings. The fraction of sp³-hybridized carbons (Fsp3) is 0.417. The molecule has 0 saturated heterocycles. The van der Waals surface area contributed by atoms with Gasteiger partial charge in [-0.05, 0) is 30.9 Å². The van der Waals surface area contributed by atoms with Crippen LogP contribution in [0.3, 0.4) is 0 Å². The highest BCUT2D eigenvalue weighted by Crippen LogP contribution is 2.19. The number of rotatable bonds is 7. The number of hydrogen-bond donors (Lipinski definition) is 2. The summed E-state index contributed by atoms with van der Waals surface area (Å²) in [5, 5.41) is 11.5. The summed E-state index contributed by atoms with van der Waals surface area (Å²) in [6.07, 6.45) is 3.84. The summed E-state index contributed by atoms with van der Waals surface area (Å²) in [7, 11) is 0. The van der Waals surface area contributed by atoms with Gasteiger partial charge < -0.3 is 10.4 Å². The van der Waals surface area contributed by atoms with Crippen molar-refractivity contribution < 1.29 is 18.7 Å². The highest BCUT2D eigenvalue weighted by atomic mass is 32.2. The summed E-state index contributed by atoms with van der Waals surface area (Å²) in [4.78, 5) is 10.7. The predicted molar refractivity (Wildman–Crippen MR) is 69.4 cm³/mol. The molecule has 0 amide bonds. The molecule has 0 unspecified atom stereocenters. The Hall–Kier alpha value is -1.30. The van der Waals surface area contributed by atoms with Crippen LogP contribution in [0.4, 0.5) is 14.5 Å². The van der Waals surface area contributed by atoms with E-state index in [1.807, 2.05) is 6.26 Å². The summed E-state index contributed by atoms with van der Waals surface area (Å²) in [6, 6.07) is 1.58. The average molecular weight is 275 g/mol. The number of carboxylic acid groups (broad SMARTS) is 1. The van der Waals surface area contributed by atoms with Crippen molar-refractivity contribution in [3.63, 3.8) is 0 Å². The summed E-state index contributed by atoms with van der Waals surface area (Å²) in [5.41, 5.74) is -0.499. The first-order valence-corrected chi connectivity index (χ1v) is 6.90. The van der Waals surface area contributed by atoms with Crippen LogP contribution < -0.4 is 5.32 Å². The van der Waals surface area contributed by atoms with Gasteiger partial charge in [0.25, 0.3) is 0 Å². The van der Waals surface area contributed by atoms with Gasteiger partial charge in [-0.25, -0.2) is 13.6 Å². The van der Waals surface area contributed by atoms with Crippen molar-refractivity contribution in [2.24, 2.45) is 0 Å². The average Bonchev–Trinajstić information content (AvgIpc) is 2.30. The van der Waals surface area contributed by atoms with Crippen molar-refractivity contribution in [2.45, 2.75) is 12.8 Å². The normalized spacial score (nSPS) is 10.4. The van der Waals surface area contributed by atoms with Crippen molar-refractivity contribution in [1.82, 2.24) is 0 Å². The first-order chi connectivity index (χ1) is 8.56. The van der Waals surface area contributed by atoms with Gasteiger partial charge in [0.05, 0.1) is 11.3 Å². The number of aromatic carboxylic acids is 1. The summed E-state index contributed by atoms with van der Waals surface area (Å²) < 4.78 is 26.5. The van der Waals surface area contributed by atoms with Gasteiger partial charge in [0, 0.05) is 12.6 Å². The van der Waals surface area contributed by atoms with E-state index in [0.717, 1.165) is 24.7 Å². The summed E-state index contributed by atoms with van der Waals surface area (Å²) >= 11 is 1.73. The lowest BCUT2D eigenvalue weighted by atomic mass is 10.1. The number of nitrogens with one attached hydrogen (secondary N) is 1. The van der Waals surface area contributed by atoms with Crippen molar-refractivity contribution in [1.29, 1.82) is 0 Å². The number of halogens is 2. The SMILES string of the molecule is CSCCCCNc1cc(C(=O)O)c(F)cc1F. The summed E-state index contributed by atoms with van der Waals surface area (Å²) in [5.74, 6) is -2.22. The molecule has 0 bridgehead atoms. The molecule has 3 nitrogen and oxygen atoms in total. The molecule has 1 aromatic carbocycles. The molecule has 0 radical (unpaired) electrons. The lowest BCUT2D eigenvalue weighted by Gasteiger charge is -2.09. The molecule has 0 aliphatic carbocycles. The number of hydrogen-bond acceptors (Lipinski definition) is 3. The second-order valence-electron chi connectivity index (χ2n) is 3.74. The van der Waals surface area contributed by atoms with Gasteiger partial charge in [-0.2, -0.15) is 11.8 Å². The third kappa shape index (κ3) is 4.18. The zero-order chi connectivity index (χ0) is 13.5. The Labute approximate surface area is 109 Å². The first kappa shape index (κ1) is 14.8. The van der Waals surface area contributed by atoms with Crippen LogP contribution in [0.1, 0.15) is 23.2 Å². The molecule has 18 heavy (non-hydrogen) atoms. The molecule has 0 aromatic heterocycles.